The molecular weight excluding hydrogens is 286 g/mol. The van der Waals surface area contributed by atoms with Crippen molar-refractivity contribution in [2.45, 2.75) is 13.3 Å². The number of esters is 1. The lowest BCUT2D eigenvalue weighted by Gasteiger charge is -2.11. The van der Waals surface area contributed by atoms with Crippen LogP contribution < -0.4 is 9.47 Å². The van der Waals surface area contributed by atoms with Crippen molar-refractivity contribution in [3.05, 3.63) is 22.2 Å². The summed E-state index contributed by atoms with van der Waals surface area (Å²) < 4.78 is 34.9. The third-order valence-corrected chi connectivity index (χ3v) is 2.34. The lowest BCUT2D eigenvalue weighted by atomic mass is 10.2. The molecule has 0 aliphatic heterocycles. The summed E-state index contributed by atoms with van der Waals surface area (Å²) in [5.74, 6) is -0.372. The maximum absolute atomic E-state index is 12.5. The van der Waals surface area contributed by atoms with Gasteiger partial charge in [-0.1, -0.05) is 0 Å². The molecule has 88 valence electrons. The number of carbonyl (C=O) groups is 1. The number of alkyl halides is 2. The van der Waals surface area contributed by atoms with E-state index < -0.39 is 12.4 Å². The predicted molar refractivity (Wildman–Crippen MR) is 57.0 cm³/mol. The van der Waals surface area contributed by atoms with E-state index in [1.165, 1.54) is 20.1 Å². The highest BCUT2D eigenvalue weighted by Crippen LogP contribution is 2.39. The molecule has 0 aliphatic rings. The van der Waals surface area contributed by atoms with Crippen LogP contribution in [-0.2, 0) is 4.79 Å². The van der Waals surface area contributed by atoms with E-state index in [2.05, 4.69) is 15.9 Å². The Kier molecular flexibility index (Phi) is 4.23. The molecule has 1 aromatic carbocycles. The van der Waals surface area contributed by atoms with E-state index in [0.29, 0.717) is 0 Å². The molecule has 16 heavy (non-hydrogen) atoms. The lowest BCUT2D eigenvalue weighted by molar-refractivity contribution is -0.132. The van der Waals surface area contributed by atoms with Crippen LogP contribution in [-0.4, -0.2) is 13.1 Å². The molecule has 0 aromatic heterocycles. The summed E-state index contributed by atoms with van der Waals surface area (Å²) in [6.45, 7) is 1.22. The summed E-state index contributed by atoms with van der Waals surface area (Å²) in [6, 6.07) is 2.32. The third-order valence-electron chi connectivity index (χ3n) is 1.75. The highest BCUT2D eigenvalue weighted by Gasteiger charge is 2.17. The van der Waals surface area contributed by atoms with E-state index in [1.807, 2.05) is 0 Å². The predicted octanol–water partition coefficient (Wildman–Crippen LogP) is 3.32. The normalized spacial score (nSPS) is 10.4. The Morgan fingerprint density at radius 2 is 2.06 bits per heavy atom. The van der Waals surface area contributed by atoms with Gasteiger partial charge < -0.3 is 9.47 Å². The topological polar surface area (TPSA) is 35.5 Å². The van der Waals surface area contributed by atoms with Crippen molar-refractivity contribution in [2.75, 3.05) is 7.11 Å². The molecule has 6 heteroatoms. The van der Waals surface area contributed by atoms with Gasteiger partial charge in [-0.3, -0.25) is 4.79 Å². The maximum atomic E-state index is 12.5. The molecule has 0 atom stereocenters. The monoisotopic (exact) mass is 294 g/mol. The summed E-state index contributed by atoms with van der Waals surface area (Å²) in [5.41, 5.74) is -0.209. The highest BCUT2D eigenvalue weighted by molar-refractivity contribution is 9.10. The van der Waals surface area contributed by atoms with E-state index in [4.69, 9.17) is 9.47 Å². The average molecular weight is 295 g/mol. The minimum absolute atomic E-state index is 0.0832. The van der Waals surface area contributed by atoms with Gasteiger partial charge in [0, 0.05) is 12.5 Å². The first-order valence-electron chi connectivity index (χ1n) is 4.29. The van der Waals surface area contributed by atoms with E-state index in [9.17, 15) is 13.6 Å². The molecule has 0 aliphatic carbocycles. The molecule has 0 bridgehead atoms. The third kappa shape index (κ3) is 2.91. The van der Waals surface area contributed by atoms with Gasteiger partial charge in [0.15, 0.2) is 11.5 Å². The van der Waals surface area contributed by atoms with Crippen LogP contribution >= 0.6 is 15.9 Å². The molecular formula is C10H9BrF2O3. The van der Waals surface area contributed by atoms with Crippen molar-refractivity contribution >= 4 is 21.9 Å². The fraction of sp³-hybridized carbons (Fsp3) is 0.300. The molecule has 0 radical (unpaired) electrons. The van der Waals surface area contributed by atoms with Gasteiger partial charge in [0.1, 0.15) is 0 Å². The van der Waals surface area contributed by atoms with Crippen molar-refractivity contribution in [3.63, 3.8) is 0 Å². The number of hydrogen-bond acceptors (Lipinski definition) is 3. The number of methoxy groups -OCH3 is 1. The molecule has 1 rings (SSSR count). The second-order valence-electron chi connectivity index (χ2n) is 2.93. The fourth-order valence-electron chi connectivity index (χ4n) is 1.11. The Hall–Kier alpha value is -1.17. The van der Waals surface area contributed by atoms with Crippen LogP contribution in [0.2, 0.25) is 0 Å². The highest BCUT2D eigenvalue weighted by atomic mass is 79.9. The minimum Gasteiger partial charge on any atom is -0.493 e. The smallest absolute Gasteiger partial charge is 0.308 e. The van der Waals surface area contributed by atoms with E-state index in [0.717, 1.165) is 6.07 Å². The molecule has 0 saturated heterocycles. The molecule has 0 saturated carbocycles. The fourth-order valence-corrected chi connectivity index (χ4v) is 1.65. The number of ether oxygens (including phenoxy) is 2. The molecule has 0 fully saturated rings. The van der Waals surface area contributed by atoms with E-state index in [-0.39, 0.29) is 21.5 Å². The second-order valence-corrected chi connectivity index (χ2v) is 3.78. The van der Waals surface area contributed by atoms with Gasteiger partial charge >= 0.3 is 5.97 Å². The van der Waals surface area contributed by atoms with Crippen LogP contribution in [0.4, 0.5) is 8.78 Å². The van der Waals surface area contributed by atoms with Gasteiger partial charge in [-0.15, -0.1) is 0 Å². The summed E-state index contributed by atoms with van der Waals surface area (Å²) in [6.07, 6.45) is -2.61. The second kappa shape index (κ2) is 5.25. The summed E-state index contributed by atoms with van der Waals surface area (Å²) in [4.78, 5) is 10.8. The first-order valence-corrected chi connectivity index (χ1v) is 5.09. The molecule has 0 unspecified atom stereocenters. The molecule has 0 heterocycles. The number of carbonyl (C=O) groups excluding carboxylic acids is 1. The summed E-state index contributed by atoms with van der Waals surface area (Å²) >= 11 is 3.05. The first kappa shape index (κ1) is 12.9. The zero-order chi connectivity index (χ0) is 12.3. The quantitative estimate of drug-likeness (QED) is 0.634. The minimum atomic E-state index is -2.61. The van der Waals surface area contributed by atoms with Crippen LogP contribution in [0.1, 0.15) is 18.9 Å². The summed E-state index contributed by atoms with van der Waals surface area (Å²) in [7, 11) is 1.31. The van der Waals surface area contributed by atoms with Crippen molar-refractivity contribution < 1.29 is 23.0 Å². The SMILES string of the molecule is COc1cc(C(F)F)cc(Br)c1OC(C)=O. The Labute approximate surface area is 99.5 Å². The van der Waals surface area contributed by atoms with Crippen molar-refractivity contribution in [3.8, 4) is 11.5 Å². The van der Waals surface area contributed by atoms with Gasteiger partial charge in [0.05, 0.1) is 11.6 Å². The van der Waals surface area contributed by atoms with Crippen LogP contribution in [0.25, 0.3) is 0 Å². The van der Waals surface area contributed by atoms with Crippen LogP contribution in [0.5, 0.6) is 11.5 Å². The van der Waals surface area contributed by atoms with Crippen molar-refractivity contribution in [1.82, 2.24) is 0 Å². The van der Waals surface area contributed by atoms with Gasteiger partial charge in [-0.2, -0.15) is 0 Å². The number of rotatable bonds is 3. The molecule has 0 spiro atoms. The van der Waals surface area contributed by atoms with Gasteiger partial charge in [-0.05, 0) is 28.1 Å². The van der Waals surface area contributed by atoms with Crippen molar-refractivity contribution in [1.29, 1.82) is 0 Å². The Morgan fingerprint density at radius 3 is 2.50 bits per heavy atom. The Balaban J connectivity index is 3.22. The molecule has 1 aromatic rings. The molecule has 0 amide bonds. The zero-order valence-corrected chi connectivity index (χ0v) is 10.2. The van der Waals surface area contributed by atoms with Gasteiger partial charge in [-0.25, -0.2) is 8.78 Å². The Bertz CT molecular complexity index is 407. The molecule has 3 nitrogen and oxygen atoms in total. The first-order chi connectivity index (χ1) is 7.45. The molecule has 0 N–H and O–H groups in total. The van der Waals surface area contributed by atoms with Gasteiger partial charge in [0.2, 0.25) is 0 Å². The standard InChI is InChI=1S/C10H9BrF2O3/c1-5(14)16-9-7(11)3-6(10(12)13)4-8(9)15-2/h3-4,10H,1-2H3. The van der Waals surface area contributed by atoms with E-state index >= 15 is 0 Å². The average Bonchev–Trinajstić information content (AvgIpc) is 2.19. The number of halogens is 3. The maximum Gasteiger partial charge on any atom is 0.308 e. The largest absolute Gasteiger partial charge is 0.493 e. The van der Waals surface area contributed by atoms with Crippen molar-refractivity contribution in [2.24, 2.45) is 0 Å². The number of hydrogen-bond donors (Lipinski definition) is 0. The van der Waals surface area contributed by atoms with Crippen LogP contribution in [0, 0.1) is 0 Å². The van der Waals surface area contributed by atoms with Crippen LogP contribution in [0.3, 0.4) is 0 Å². The van der Waals surface area contributed by atoms with E-state index in [1.54, 1.807) is 0 Å². The lowest BCUT2D eigenvalue weighted by Crippen LogP contribution is -2.04. The van der Waals surface area contributed by atoms with Crippen LogP contribution in [0.15, 0.2) is 16.6 Å². The number of benzene rings is 1. The Morgan fingerprint density at radius 1 is 1.44 bits per heavy atom. The zero-order valence-electron chi connectivity index (χ0n) is 8.59. The summed E-state index contributed by atoms with van der Waals surface area (Å²) in [5, 5.41) is 0. The van der Waals surface area contributed by atoms with Gasteiger partial charge in [0.25, 0.3) is 6.43 Å².